The van der Waals surface area contributed by atoms with Crippen LogP contribution in [0.4, 0.5) is 0 Å². The number of methoxy groups -OCH3 is 1. The molecule has 2 unspecified atom stereocenters. The Morgan fingerprint density at radius 2 is 2.00 bits per heavy atom. The van der Waals surface area contributed by atoms with Crippen LogP contribution >= 0.6 is 0 Å². The fourth-order valence-electron chi connectivity index (χ4n) is 2.30. The molecule has 1 rings (SSSR count). The van der Waals surface area contributed by atoms with Crippen molar-refractivity contribution in [3.63, 3.8) is 0 Å². The number of amides is 1. The Morgan fingerprint density at radius 1 is 1.40 bits per heavy atom. The predicted molar refractivity (Wildman–Crippen MR) is 71.9 cm³/mol. The van der Waals surface area contributed by atoms with Gasteiger partial charge in [-0.05, 0) is 19.3 Å². The van der Waals surface area contributed by atoms with E-state index in [0.29, 0.717) is 19.5 Å². The third kappa shape index (κ3) is 3.29. The Hall–Kier alpha value is -1.59. The normalized spacial score (nSPS) is 21.6. The number of likely N-dealkylation sites (tertiary alicyclic amines) is 1. The topological polar surface area (TPSA) is 83.9 Å². The Kier molecular flexibility index (Phi) is 5.14. The second-order valence-corrected chi connectivity index (χ2v) is 5.90. The fraction of sp³-hybridized carbons (Fsp3) is 0.786. The SMILES string of the molecule is COC(=O)C1CCN(C(=O)CC(C)(C(=O)O)C(C)C)C1. The minimum atomic E-state index is -1.08. The zero-order valence-electron chi connectivity index (χ0n) is 12.5. The number of esters is 1. The molecule has 1 N–H and O–H groups in total. The van der Waals surface area contributed by atoms with Crippen LogP contribution in [0.15, 0.2) is 0 Å². The number of rotatable bonds is 5. The summed E-state index contributed by atoms with van der Waals surface area (Å²) >= 11 is 0. The van der Waals surface area contributed by atoms with E-state index in [1.54, 1.807) is 25.7 Å². The number of nitrogens with zero attached hydrogens (tertiary/aromatic N) is 1. The molecule has 0 aromatic carbocycles. The van der Waals surface area contributed by atoms with Gasteiger partial charge < -0.3 is 14.7 Å². The lowest BCUT2D eigenvalue weighted by Crippen LogP contribution is -2.40. The minimum Gasteiger partial charge on any atom is -0.481 e. The van der Waals surface area contributed by atoms with Crippen LogP contribution in [0.25, 0.3) is 0 Å². The molecule has 6 nitrogen and oxygen atoms in total. The zero-order chi connectivity index (χ0) is 15.5. The number of ether oxygens (including phenoxy) is 1. The van der Waals surface area contributed by atoms with Crippen LogP contribution in [-0.4, -0.2) is 48.1 Å². The first-order valence-corrected chi connectivity index (χ1v) is 6.81. The average Bonchev–Trinajstić information content (AvgIpc) is 2.86. The summed E-state index contributed by atoms with van der Waals surface area (Å²) in [7, 11) is 1.33. The van der Waals surface area contributed by atoms with Gasteiger partial charge in [0.15, 0.2) is 0 Å². The van der Waals surface area contributed by atoms with E-state index in [9.17, 15) is 19.5 Å². The molecule has 114 valence electrons. The maximum absolute atomic E-state index is 12.2. The second kappa shape index (κ2) is 6.24. The van der Waals surface area contributed by atoms with E-state index in [4.69, 9.17) is 0 Å². The van der Waals surface area contributed by atoms with E-state index < -0.39 is 11.4 Å². The molecule has 0 aliphatic carbocycles. The van der Waals surface area contributed by atoms with Crippen molar-refractivity contribution >= 4 is 17.8 Å². The van der Waals surface area contributed by atoms with Crippen LogP contribution < -0.4 is 0 Å². The number of hydrogen-bond acceptors (Lipinski definition) is 4. The van der Waals surface area contributed by atoms with Crippen molar-refractivity contribution in [3.8, 4) is 0 Å². The van der Waals surface area contributed by atoms with Crippen molar-refractivity contribution < 1.29 is 24.2 Å². The Labute approximate surface area is 119 Å². The van der Waals surface area contributed by atoms with Crippen LogP contribution in [0.2, 0.25) is 0 Å². The number of carbonyl (C=O) groups excluding carboxylic acids is 2. The standard InChI is InChI=1S/C14H23NO5/c1-9(2)14(3,13(18)19)7-11(16)15-6-5-10(8-15)12(17)20-4/h9-10H,5-8H2,1-4H3,(H,18,19). The van der Waals surface area contributed by atoms with Crippen LogP contribution in [0, 0.1) is 17.3 Å². The monoisotopic (exact) mass is 285 g/mol. The highest BCUT2D eigenvalue weighted by Gasteiger charge is 2.41. The number of aliphatic carboxylic acids is 1. The number of carboxylic acid groups (broad SMARTS) is 1. The zero-order valence-corrected chi connectivity index (χ0v) is 12.5. The van der Waals surface area contributed by atoms with Crippen molar-refractivity contribution in [2.45, 2.75) is 33.6 Å². The molecule has 1 heterocycles. The van der Waals surface area contributed by atoms with Gasteiger partial charge in [-0.3, -0.25) is 14.4 Å². The van der Waals surface area contributed by atoms with Crippen LogP contribution in [0.5, 0.6) is 0 Å². The van der Waals surface area contributed by atoms with Gasteiger partial charge in [-0.1, -0.05) is 13.8 Å². The molecule has 1 aliphatic heterocycles. The van der Waals surface area contributed by atoms with Crippen molar-refractivity contribution in [2.24, 2.45) is 17.3 Å². The quantitative estimate of drug-likeness (QED) is 0.766. The molecule has 0 aromatic heterocycles. The molecule has 0 saturated carbocycles. The Morgan fingerprint density at radius 3 is 2.45 bits per heavy atom. The van der Waals surface area contributed by atoms with Crippen molar-refractivity contribution in [3.05, 3.63) is 0 Å². The minimum absolute atomic E-state index is 0.0477. The van der Waals surface area contributed by atoms with Gasteiger partial charge >= 0.3 is 11.9 Å². The van der Waals surface area contributed by atoms with Gasteiger partial charge in [0.05, 0.1) is 18.4 Å². The molecular weight excluding hydrogens is 262 g/mol. The average molecular weight is 285 g/mol. The summed E-state index contributed by atoms with van der Waals surface area (Å²) in [4.78, 5) is 36.6. The van der Waals surface area contributed by atoms with Crippen LogP contribution in [-0.2, 0) is 19.1 Å². The van der Waals surface area contributed by atoms with Gasteiger partial charge in [0, 0.05) is 19.5 Å². The predicted octanol–water partition coefficient (Wildman–Crippen LogP) is 1.14. The lowest BCUT2D eigenvalue weighted by Gasteiger charge is -2.30. The largest absolute Gasteiger partial charge is 0.481 e. The van der Waals surface area contributed by atoms with E-state index >= 15 is 0 Å². The maximum atomic E-state index is 12.2. The van der Waals surface area contributed by atoms with Gasteiger partial charge in [0.25, 0.3) is 0 Å². The molecule has 20 heavy (non-hydrogen) atoms. The summed E-state index contributed by atoms with van der Waals surface area (Å²) in [5.74, 6) is -1.94. The summed E-state index contributed by atoms with van der Waals surface area (Å²) < 4.78 is 4.67. The van der Waals surface area contributed by atoms with Crippen LogP contribution in [0.3, 0.4) is 0 Å². The Bertz CT molecular complexity index is 406. The van der Waals surface area contributed by atoms with E-state index in [-0.39, 0.29) is 30.1 Å². The smallest absolute Gasteiger partial charge is 0.310 e. The molecule has 0 spiro atoms. The van der Waals surface area contributed by atoms with Crippen molar-refractivity contribution in [1.29, 1.82) is 0 Å². The van der Waals surface area contributed by atoms with E-state index in [1.807, 2.05) is 0 Å². The van der Waals surface area contributed by atoms with Crippen molar-refractivity contribution in [1.82, 2.24) is 4.90 Å². The van der Waals surface area contributed by atoms with E-state index in [0.717, 1.165) is 0 Å². The molecule has 2 atom stereocenters. The third-order valence-corrected chi connectivity index (χ3v) is 4.36. The lowest BCUT2D eigenvalue weighted by molar-refractivity contribution is -0.155. The lowest BCUT2D eigenvalue weighted by atomic mass is 9.76. The van der Waals surface area contributed by atoms with Gasteiger partial charge in [0.1, 0.15) is 0 Å². The summed E-state index contributed by atoms with van der Waals surface area (Å²) in [6, 6.07) is 0. The summed E-state index contributed by atoms with van der Waals surface area (Å²) in [5, 5.41) is 9.33. The molecule has 1 saturated heterocycles. The molecule has 0 aromatic rings. The highest BCUT2D eigenvalue weighted by Crippen LogP contribution is 2.33. The number of hydrogen-bond donors (Lipinski definition) is 1. The first kappa shape index (κ1) is 16.5. The molecular formula is C14H23NO5. The molecule has 6 heteroatoms. The van der Waals surface area contributed by atoms with Gasteiger partial charge in [-0.15, -0.1) is 0 Å². The molecule has 1 aliphatic rings. The Balaban J connectivity index is 2.68. The number of carboxylic acids is 1. The highest BCUT2D eigenvalue weighted by molar-refractivity contribution is 5.85. The molecule has 1 fully saturated rings. The summed E-state index contributed by atoms with van der Waals surface area (Å²) in [5.41, 5.74) is -1.08. The van der Waals surface area contributed by atoms with Crippen molar-refractivity contribution in [2.75, 3.05) is 20.2 Å². The maximum Gasteiger partial charge on any atom is 0.310 e. The summed E-state index contributed by atoms with van der Waals surface area (Å²) in [6.07, 6.45) is 0.526. The first-order chi connectivity index (χ1) is 9.22. The molecule has 1 amide bonds. The van der Waals surface area contributed by atoms with Gasteiger partial charge in [-0.2, -0.15) is 0 Å². The number of carbonyl (C=O) groups is 3. The molecule has 0 radical (unpaired) electrons. The molecule has 0 bridgehead atoms. The third-order valence-electron chi connectivity index (χ3n) is 4.36. The van der Waals surface area contributed by atoms with E-state index in [1.165, 1.54) is 7.11 Å². The van der Waals surface area contributed by atoms with Crippen LogP contribution in [0.1, 0.15) is 33.6 Å². The second-order valence-electron chi connectivity index (χ2n) is 5.90. The van der Waals surface area contributed by atoms with E-state index in [2.05, 4.69) is 4.74 Å². The van der Waals surface area contributed by atoms with Gasteiger partial charge in [0.2, 0.25) is 5.91 Å². The summed E-state index contributed by atoms with van der Waals surface area (Å²) in [6.45, 7) is 5.97. The van der Waals surface area contributed by atoms with Gasteiger partial charge in [-0.25, -0.2) is 0 Å². The highest BCUT2D eigenvalue weighted by atomic mass is 16.5. The first-order valence-electron chi connectivity index (χ1n) is 6.81. The fourth-order valence-corrected chi connectivity index (χ4v) is 2.30.